The third-order valence-electron chi connectivity index (χ3n) is 2.93. The minimum atomic E-state index is -0.927. The monoisotopic (exact) mass is 388 g/mol. The highest BCUT2D eigenvalue weighted by atomic mass is 127. The van der Waals surface area contributed by atoms with E-state index in [4.69, 9.17) is 0 Å². The molecule has 20 heavy (non-hydrogen) atoms. The standard InChI is InChI=1S/C15H21IN2O2/c1-4-5-10-17-14(20)15(2,3)18-13(19)11-8-6-7-9-12(11)16/h6-9H,4-5,10H2,1-3H3,(H,17,20)(H,18,19). The molecule has 0 unspecified atom stereocenters. The van der Waals surface area contributed by atoms with Crippen molar-refractivity contribution in [1.82, 2.24) is 10.6 Å². The SMILES string of the molecule is CCCCNC(=O)C(C)(C)NC(=O)c1ccccc1I. The van der Waals surface area contributed by atoms with Gasteiger partial charge in [-0.15, -0.1) is 0 Å². The molecular weight excluding hydrogens is 367 g/mol. The molecule has 0 aliphatic rings. The fraction of sp³-hybridized carbons (Fsp3) is 0.467. The Hall–Kier alpha value is -1.11. The molecule has 1 rings (SSSR count). The van der Waals surface area contributed by atoms with Crippen LogP contribution in [0.2, 0.25) is 0 Å². The molecule has 1 aromatic rings. The van der Waals surface area contributed by atoms with Crippen molar-refractivity contribution < 1.29 is 9.59 Å². The zero-order valence-corrected chi connectivity index (χ0v) is 14.3. The lowest BCUT2D eigenvalue weighted by Crippen LogP contribution is -2.55. The maximum absolute atomic E-state index is 12.2. The molecule has 0 aliphatic carbocycles. The number of halogens is 1. The summed E-state index contributed by atoms with van der Waals surface area (Å²) in [5.74, 6) is -0.393. The Kier molecular flexibility index (Phi) is 6.45. The van der Waals surface area contributed by atoms with Crippen LogP contribution in [0.3, 0.4) is 0 Å². The number of carbonyl (C=O) groups excluding carboxylic acids is 2. The number of amides is 2. The van der Waals surface area contributed by atoms with Crippen LogP contribution in [0.1, 0.15) is 44.0 Å². The average Bonchev–Trinajstić information content (AvgIpc) is 2.38. The third-order valence-corrected chi connectivity index (χ3v) is 3.87. The molecule has 0 bridgehead atoms. The van der Waals surface area contributed by atoms with Crippen LogP contribution in [0, 0.1) is 3.57 Å². The van der Waals surface area contributed by atoms with Crippen LogP contribution >= 0.6 is 22.6 Å². The number of rotatable bonds is 6. The van der Waals surface area contributed by atoms with Gasteiger partial charge in [-0.3, -0.25) is 9.59 Å². The van der Waals surface area contributed by atoms with Crippen molar-refractivity contribution >= 4 is 34.4 Å². The van der Waals surface area contributed by atoms with Crippen LogP contribution in [-0.2, 0) is 4.79 Å². The summed E-state index contributed by atoms with van der Waals surface area (Å²) < 4.78 is 0.866. The van der Waals surface area contributed by atoms with Gasteiger partial charge in [0.2, 0.25) is 5.91 Å². The molecule has 2 amide bonds. The minimum Gasteiger partial charge on any atom is -0.354 e. The summed E-state index contributed by atoms with van der Waals surface area (Å²) in [6, 6.07) is 7.30. The van der Waals surface area contributed by atoms with E-state index in [0.717, 1.165) is 16.4 Å². The summed E-state index contributed by atoms with van der Waals surface area (Å²) in [7, 11) is 0. The molecule has 0 radical (unpaired) electrons. The molecule has 0 fully saturated rings. The van der Waals surface area contributed by atoms with E-state index in [9.17, 15) is 9.59 Å². The Bertz CT molecular complexity index is 487. The van der Waals surface area contributed by atoms with Gasteiger partial charge in [-0.2, -0.15) is 0 Å². The molecule has 4 nitrogen and oxygen atoms in total. The first-order chi connectivity index (χ1) is 9.38. The lowest BCUT2D eigenvalue weighted by molar-refractivity contribution is -0.126. The summed E-state index contributed by atoms with van der Waals surface area (Å²) in [4.78, 5) is 24.3. The van der Waals surface area contributed by atoms with Crippen molar-refractivity contribution in [1.29, 1.82) is 0 Å². The van der Waals surface area contributed by atoms with Crippen LogP contribution in [0.5, 0.6) is 0 Å². The van der Waals surface area contributed by atoms with Gasteiger partial charge < -0.3 is 10.6 Å². The Labute approximate surface area is 133 Å². The van der Waals surface area contributed by atoms with Crippen molar-refractivity contribution in [3.05, 3.63) is 33.4 Å². The van der Waals surface area contributed by atoms with Crippen molar-refractivity contribution in [3.63, 3.8) is 0 Å². The average molecular weight is 388 g/mol. The molecule has 0 saturated heterocycles. The predicted octanol–water partition coefficient (Wildman–Crippen LogP) is 2.72. The van der Waals surface area contributed by atoms with E-state index in [2.05, 4.69) is 40.1 Å². The number of carbonyl (C=O) groups is 2. The van der Waals surface area contributed by atoms with Gasteiger partial charge in [-0.05, 0) is 55.0 Å². The quantitative estimate of drug-likeness (QED) is 0.582. The Morgan fingerprint density at radius 2 is 1.90 bits per heavy atom. The molecule has 0 aliphatic heterocycles. The van der Waals surface area contributed by atoms with Crippen LogP contribution < -0.4 is 10.6 Å². The highest BCUT2D eigenvalue weighted by molar-refractivity contribution is 14.1. The van der Waals surface area contributed by atoms with Gasteiger partial charge in [0.05, 0.1) is 5.56 Å². The van der Waals surface area contributed by atoms with Gasteiger partial charge >= 0.3 is 0 Å². The molecule has 5 heteroatoms. The van der Waals surface area contributed by atoms with Crippen molar-refractivity contribution in [3.8, 4) is 0 Å². The Balaban J connectivity index is 2.68. The smallest absolute Gasteiger partial charge is 0.253 e. The number of benzene rings is 1. The zero-order chi connectivity index (χ0) is 15.2. The van der Waals surface area contributed by atoms with Gasteiger partial charge in [0.1, 0.15) is 5.54 Å². The number of hydrogen-bond donors (Lipinski definition) is 2. The summed E-state index contributed by atoms with van der Waals surface area (Å²) in [6.07, 6.45) is 1.96. The van der Waals surface area contributed by atoms with Crippen LogP contribution in [-0.4, -0.2) is 23.9 Å². The van der Waals surface area contributed by atoms with Crippen molar-refractivity contribution in [2.45, 2.75) is 39.2 Å². The Morgan fingerprint density at radius 3 is 2.50 bits per heavy atom. The van der Waals surface area contributed by atoms with E-state index >= 15 is 0 Å². The fourth-order valence-electron chi connectivity index (χ4n) is 1.65. The van der Waals surface area contributed by atoms with Gasteiger partial charge in [0, 0.05) is 10.1 Å². The van der Waals surface area contributed by atoms with Gasteiger partial charge in [0.15, 0.2) is 0 Å². The maximum atomic E-state index is 12.2. The summed E-state index contributed by atoms with van der Waals surface area (Å²) in [5.41, 5.74) is -0.341. The minimum absolute atomic E-state index is 0.162. The Morgan fingerprint density at radius 1 is 1.25 bits per heavy atom. The molecule has 0 heterocycles. The number of hydrogen-bond acceptors (Lipinski definition) is 2. The largest absolute Gasteiger partial charge is 0.354 e. The first kappa shape index (κ1) is 16.9. The first-order valence-electron chi connectivity index (χ1n) is 6.74. The molecule has 0 saturated carbocycles. The summed E-state index contributed by atoms with van der Waals surface area (Å²) >= 11 is 2.11. The molecule has 110 valence electrons. The van der Waals surface area contributed by atoms with Crippen LogP contribution in [0.4, 0.5) is 0 Å². The van der Waals surface area contributed by atoms with Crippen molar-refractivity contribution in [2.24, 2.45) is 0 Å². The van der Waals surface area contributed by atoms with E-state index < -0.39 is 5.54 Å². The summed E-state index contributed by atoms with van der Waals surface area (Å²) in [6.45, 7) is 6.12. The fourth-order valence-corrected chi connectivity index (χ4v) is 2.29. The van der Waals surface area contributed by atoms with Crippen LogP contribution in [0.25, 0.3) is 0 Å². The second-order valence-electron chi connectivity index (χ2n) is 5.17. The lowest BCUT2D eigenvalue weighted by atomic mass is 10.0. The first-order valence-corrected chi connectivity index (χ1v) is 7.81. The van der Waals surface area contributed by atoms with Crippen LogP contribution in [0.15, 0.2) is 24.3 Å². The third kappa shape index (κ3) is 4.77. The second kappa shape index (κ2) is 7.61. The van der Waals surface area contributed by atoms with E-state index in [-0.39, 0.29) is 11.8 Å². The van der Waals surface area contributed by atoms with Gasteiger partial charge in [-0.25, -0.2) is 0 Å². The molecule has 2 N–H and O–H groups in total. The van der Waals surface area contributed by atoms with E-state index in [1.807, 2.05) is 18.2 Å². The number of unbranched alkanes of at least 4 members (excludes halogenated alkanes) is 1. The molecule has 0 spiro atoms. The van der Waals surface area contributed by atoms with Gasteiger partial charge in [-0.1, -0.05) is 25.5 Å². The van der Waals surface area contributed by atoms with Crippen molar-refractivity contribution in [2.75, 3.05) is 6.54 Å². The second-order valence-corrected chi connectivity index (χ2v) is 6.33. The summed E-state index contributed by atoms with van der Waals surface area (Å²) in [5, 5.41) is 5.62. The van der Waals surface area contributed by atoms with E-state index in [1.54, 1.807) is 19.9 Å². The topological polar surface area (TPSA) is 58.2 Å². The molecule has 0 atom stereocenters. The predicted molar refractivity (Wildman–Crippen MR) is 88.6 cm³/mol. The van der Waals surface area contributed by atoms with E-state index in [1.165, 1.54) is 0 Å². The van der Waals surface area contributed by atoms with Gasteiger partial charge in [0.25, 0.3) is 5.91 Å². The number of nitrogens with one attached hydrogen (secondary N) is 2. The molecule has 0 aromatic heterocycles. The molecular formula is C15H21IN2O2. The lowest BCUT2D eigenvalue weighted by Gasteiger charge is -2.25. The highest BCUT2D eigenvalue weighted by Gasteiger charge is 2.29. The van der Waals surface area contributed by atoms with E-state index in [0.29, 0.717) is 12.1 Å². The molecule has 1 aromatic carbocycles. The highest BCUT2D eigenvalue weighted by Crippen LogP contribution is 2.13. The normalized spacial score (nSPS) is 11.0. The maximum Gasteiger partial charge on any atom is 0.253 e. The zero-order valence-electron chi connectivity index (χ0n) is 12.1.